The van der Waals surface area contributed by atoms with Crippen LogP contribution in [0.2, 0.25) is 0 Å². The van der Waals surface area contributed by atoms with Gasteiger partial charge in [-0.3, -0.25) is 4.79 Å². The van der Waals surface area contributed by atoms with Gasteiger partial charge < -0.3 is 28.7 Å². The Hall–Kier alpha value is -4.31. The standard InChI is InChI=1S/C28H24BrNO8/c1-34-22-15-19(23(29)25(36-3)24(22)35-2)27(32)37-18-10-9-17-13-20(28(33)38-21(17)14-18)26(31)30-12-11-16-7-5-4-6-8-16/h4-10,13-15H,11-12H2,1-3H3,(H,30,31). The highest BCUT2D eigenvalue weighted by Crippen LogP contribution is 2.45. The van der Waals surface area contributed by atoms with Gasteiger partial charge in [-0.2, -0.15) is 0 Å². The summed E-state index contributed by atoms with van der Waals surface area (Å²) >= 11 is 3.35. The Morgan fingerprint density at radius 2 is 1.63 bits per heavy atom. The minimum Gasteiger partial charge on any atom is -0.493 e. The van der Waals surface area contributed by atoms with Crippen LogP contribution in [0.1, 0.15) is 26.3 Å². The number of carbonyl (C=O) groups is 2. The van der Waals surface area contributed by atoms with Gasteiger partial charge in [-0.1, -0.05) is 30.3 Å². The van der Waals surface area contributed by atoms with Crippen molar-refractivity contribution in [3.63, 3.8) is 0 Å². The molecular formula is C28H24BrNO8. The van der Waals surface area contributed by atoms with Crippen LogP contribution in [-0.2, 0) is 6.42 Å². The molecule has 196 valence electrons. The summed E-state index contributed by atoms with van der Waals surface area (Å²) in [4.78, 5) is 38.1. The maximum Gasteiger partial charge on any atom is 0.349 e. The highest BCUT2D eigenvalue weighted by Gasteiger charge is 2.24. The molecule has 0 radical (unpaired) electrons. The molecule has 0 unspecified atom stereocenters. The first-order valence-corrected chi connectivity index (χ1v) is 12.3. The number of ether oxygens (including phenoxy) is 4. The monoisotopic (exact) mass is 581 g/mol. The summed E-state index contributed by atoms with van der Waals surface area (Å²) in [6.45, 7) is 0.367. The van der Waals surface area contributed by atoms with Crippen molar-refractivity contribution in [2.75, 3.05) is 27.9 Å². The number of fused-ring (bicyclic) bond motifs is 1. The van der Waals surface area contributed by atoms with Gasteiger partial charge in [0.15, 0.2) is 11.5 Å². The van der Waals surface area contributed by atoms with E-state index in [1.165, 1.54) is 45.6 Å². The Balaban J connectivity index is 1.52. The van der Waals surface area contributed by atoms with E-state index in [0.717, 1.165) is 5.56 Å². The van der Waals surface area contributed by atoms with Crippen LogP contribution in [0.4, 0.5) is 0 Å². The Morgan fingerprint density at radius 3 is 2.32 bits per heavy atom. The van der Waals surface area contributed by atoms with Gasteiger partial charge in [0, 0.05) is 18.0 Å². The van der Waals surface area contributed by atoms with Crippen molar-refractivity contribution in [3.05, 3.63) is 92.2 Å². The maximum absolute atomic E-state index is 13.0. The lowest BCUT2D eigenvalue weighted by molar-refractivity contribution is 0.0732. The van der Waals surface area contributed by atoms with Crippen molar-refractivity contribution < 1.29 is 33.0 Å². The minimum absolute atomic E-state index is 0.114. The topological polar surface area (TPSA) is 113 Å². The number of rotatable bonds is 9. The van der Waals surface area contributed by atoms with Crippen molar-refractivity contribution in [2.45, 2.75) is 6.42 Å². The third-order valence-corrected chi connectivity index (χ3v) is 6.48. The van der Waals surface area contributed by atoms with E-state index in [-0.39, 0.29) is 34.0 Å². The molecule has 0 aliphatic rings. The molecule has 0 fully saturated rings. The van der Waals surface area contributed by atoms with Crippen LogP contribution in [-0.4, -0.2) is 39.8 Å². The number of benzene rings is 3. The maximum atomic E-state index is 13.0. The summed E-state index contributed by atoms with van der Waals surface area (Å²) < 4.78 is 27.2. The Bertz CT molecular complexity index is 1550. The molecule has 0 atom stereocenters. The van der Waals surface area contributed by atoms with Crippen molar-refractivity contribution in [1.82, 2.24) is 5.32 Å². The zero-order valence-electron chi connectivity index (χ0n) is 20.8. The Labute approximate surface area is 226 Å². The number of methoxy groups -OCH3 is 3. The lowest BCUT2D eigenvalue weighted by atomic mass is 10.1. The second-order valence-electron chi connectivity index (χ2n) is 8.04. The third kappa shape index (κ3) is 5.65. The SMILES string of the molecule is COc1cc(C(=O)Oc2ccc3cc(C(=O)NCCc4ccccc4)c(=O)oc3c2)c(Br)c(OC)c1OC. The molecule has 0 saturated heterocycles. The van der Waals surface area contributed by atoms with Gasteiger partial charge in [0.05, 0.1) is 31.4 Å². The lowest BCUT2D eigenvalue weighted by Gasteiger charge is -2.16. The predicted octanol–water partition coefficient (Wildman–Crippen LogP) is 4.77. The predicted molar refractivity (Wildman–Crippen MR) is 144 cm³/mol. The number of amides is 1. The molecule has 1 heterocycles. The number of hydrogen-bond donors (Lipinski definition) is 1. The van der Waals surface area contributed by atoms with E-state index in [2.05, 4.69) is 21.2 Å². The second-order valence-corrected chi connectivity index (χ2v) is 8.83. The molecule has 0 saturated carbocycles. The first kappa shape index (κ1) is 26.7. The van der Waals surface area contributed by atoms with Gasteiger partial charge in [0.2, 0.25) is 5.75 Å². The van der Waals surface area contributed by atoms with Crippen molar-refractivity contribution in [3.8, 4) is 23.0 Å². The second kappa shape index (κ2) is 11.8. The summed E-state index contributed by atoms with van der Waals surface area (Å²) in [7, 11) is 4.32. The molecule has 38 heavy (non-hydrogen) atoms. The zero-order valence-corrected chi connectivity index (χ0v) is 22.4. The normalized spacial score (nSPS) is 10.6. The van der Waals surface area contributed by atoms with Crippen LogP contribution in [0.15, 0.2) is 74.3 Å². The Kier molecular flexibility index (Phi) is 8.32. The van der Waals surface area contributed by atoms with Crippen LogP contribution in [0, 0.1) is 0 Å². The molecule has 10 heteroatoms. The summed E-state index contributed by atoms with van der Waals surface area (Å²) in [5.74, 6) is -0.264. The molecule has 1 N–H and O–H groups in total. The summed E-state index contributed by atoms with van der Waals surface area (Å²) in [5.41, 5.74) is 0.440. The highest BCUT2D eigenvalue weighted by molar-refractivity contribution is 9.10. The molecule has 3 aromatic carbocycles. The zero-order chi connectivity index (χ0) is 27.2. The molecule has 9 nitrogen and oxygen atoms in total. The molecule has 1 aromatic heterocycles. The van der Waals surface area contributed by atoms with Gasteiger partial charge in [0.1, 0.15) is 16.9 Å². The van der Waals surface area contributed by atoms with Crippen LogP contribution in [0.5, 0.6) is 23.0 Å². The highest BCUT2D eigenvalue weighted by atomic mass is 79.9. The molecule has 0 aliphatic carbocycles. The first-order chi connectivity index (χ1) is 18.4. The van der Waals surface area contributed by atoms with Crippen LogP contribution >= 0.6 is 15.9 Å². The average Bonchev–Trinajstić information content (AvgIpc) is 2.92. The number of nitrogens with one attached hydrogen (secondary N) is 1. The van der Waals surface area contributed by atoms with Gasteiger partial charge >= 0.3 is 11.6 Å². The minimum atomic E-state index is -0.800. The molecule has 1 amide bonds. The fourth-order valence-corrected chi connectivity index (χ4v) is 4.42. The Morgan fingerprint density at radius 1 is 0.895 bits per heavy atom. The molecular weight excluding hydrogens is 558 g/mol. The largest absolute Gasteiger partial charge is 0.493 e. The van der Waals surface area contributed by atoms with Gasteiger partial charge in [-0.25, -0.2) is 9.59 Å². The first-order valence-electron chi connectivity index (χ1n) is 11.5. The molecule has 4 aromatic rings. The van der Waals surface area contributed by atoms with Crippen molar-refractivity contribution >= 4 is 38.8 Å². The number of carbonyl (C=O) groups excluding carboxylic acids is 2. The van der Waals surface area contributed by atoms with Crippen molar-refractivity contribution in [2.24, 2.45) is 0 Å². The van der Waals surface area contributed by atoms with Crippen molar-refractivity contribution in [1.29, 1.82) is 0 Å². The van der Waals surface area contributed by atoms with E-state index >= 15 is 0 Å². The van der Waals surface area contributed by atoms with Gasteiger partial charge in [-0.15, -0.1) is 0 Å². The number of halogens is 1. The van der Waals surface area contributed by atoms with Gasteiger partial charge in [0.25, 0.3) is 5.91 Å². The van der Waals surface area contributed by atoms with E-state index in [1.807, 2.05) is 30.3 Å². The summed E-state index contributed by atoms with van der Waals surface area (Å²) in [6.07, 6.45) is 0.627. The fourth-order valence-electron chi connectivity index (χ4n) is 3.81. The van der Waals surface area contributed by atoms with E-state index in [9.17, 15) is 14.4 Å². The fraction of sp³-hybridized carbons (Fsp3) is 0.179. The number of esters is 1. The molecule has 0 spiro atoms. The average molecular weight is 582 g/mol. The van der Waals surface area contributed by atoms with E-state index in [1.54, 1.807) is 6.07 Å². The molecule has 0 bridgehead atoms. The van der Waals surface area contributed by atoms with Crippen LogP contribution in [0.3, 0.4) is 0 Å². The summed E-state index contributed by atoms with van der Waals surface area (Å²) in [6, 6.07) is 17.1. The lowest BCUT2D eigenvalue weighted by Crippen LogP contribution is -2.29. The summed E-state index contributed by atoms with van der Waals surface area (Å²) in [5, 5.41) is 3.23. The van der Waals surface area contributed by atoms with Crippen LogP contribution < -0.4 is 29.9 Å². The number of hydrogen-bond acceptors (Lipinski definition) is 8. The quantitative estimate of drug-likeness (QED) is 0.171. The van der Waals surface area contributed by atoms with E-state index in [4.69, 9.17) is 23.4 Å². The molecule has 0 aliphatic heterocycles. The third-order valence-electron chi connectivity index (χ3n) is 5.69. The molecule has 4 rings (SSSR count). The smallest absolute Gasteiger partial charge is 0.349 e. The van der Waals surface area contributed by atoms with E-state index in [0.29, 0.717) is 28.6 Å². The van der Waals surface area contributed by atoms with Gasteiger partial charge in [-0.05, 0) is 52.2 Å². The van der Waals surface area contributed by atoms with Crippen LogP contribution in [0.25, 0.3) is 11.0 Å². The van der Waals surface area contributed by atoms with E-state index < -0.39 is 17.5 Å².